The van der Waals surface area contributed by atoms with Crippen molar-refractivity contribution in [1.82, 2.24) is 10.2 Å². The molecule has 31 heavy (non-hydrogen) atoms. The molecule has 1 saturated heterocycles. The Morgan fingerprint density at radius 3 is 2.39 bits per heavy atom. The molecular weight excluding hydrogens is 428 g/mol. The topological polar surface area (TPSA) is 49.4 Å². The maximum atomic E-state index is 12.9. The second kappa shape index (κ2) is 10.1. The van der Waals surface area contributed by atoms with Crippen molar-refractivity contribution < 1.29 is 9.59 Å². The molecule has 2 heterocycles. The van der Waals surface area contributed by atoms with E-state index in [1.165, 1.54) is 16.9 Å². The summed E-state index contributed by atoms with van der Waals surface area (Å²) in [5.41, 5.74) is 2.23. The zero-order valence-electron chi connectivity index (χ0n) is 17.2. The molecule has 0 aliphatic carbocycles. The highest BCUT2D eigenvalue weighted by Gasteiger charge is 2.25. The van der Waals surface area contributed by atoms with Gasteiger partial charge in [-0.3, -0.25) is 9.59 Å². The fourth-order valence-corrected chi connectivity index (χ4v) is 4.91. The molecule has 0 radical (unpaired) electrons. The van der Waals surface area contributed by atoms with E-state index in [4.69, 9.17) is 11.6 Å². The first kappa shape index (κ1) is 21.6. The summed E-state index contributed by atoms with van der Waals surface area (Å²) < 4.78 is 0. The van der Waals surface area contributed by atoms with Gasteiger partial charge in [0, 0.05) is 35.5 Å². The minimum atomic E-state index is 0.0686. The van der Waals surface area contributed by atoms with Gasteiger partial charge in [0.25, 0.3) is 5.91 Å². The Kier molecular flexibility index (Phi) is 7.05. The van der Waals surface area contributed by atoms with E-state index >= 15 is 0 Å². The number of rotatable bonds is 6. The van der Waals surface area contributed by atoms with Gasteiger partial charge in [0.15, 0.2) is 0 Å². The molecule has 1 aromatic heterocycles. The second-order valence-electron chi connectivity index (χ2n) is 7.79. The normalized spacial score (nSPS) is 14.4. The van der Waals surface area contributed by atoms with Crippen molar-refractivity contribution >= 4 is 34.8 Å². The summed E-state index contributed by atoms with van der Waals surface area (Å²) in [6, 6.07) is 21.7. The van der Waals surface area contributed by atoms with Crippen LogP contribution in [0.1, 0.15) is 34.5 Å². The van der Waals surface area contributed by atoms with Crippen LogP contribution in [0.4, 0.5) is 0 Å². The fourth-order valence-electron chi connectivity index (χ4n) is 3.81. The van der Waals surface area contributed by atoms with Gasteiger partial charge in [-0.2, -0.15) is 0 Å². The average Bonchev–Trinajstić information content (AvgIpc) is 3.29. The van der Waals surface area contributed by atoms with Crippen molar-refractivity contribution in [3.8, 4) is 10.4 Å². The molecule has 1 aliphatic heterocycles. The largest absolute Gasteiger partial charge is 0.353 e. The van der Waals surface area contributed by atoms with Crippen LogP contribution in [0.5, 0.6) is 0 Å². The summed E-state index contributed by atoms with van der Waals surface area (Å²) in [5, 5.41) is 3.83. The smallest absolute Gasteiger partial charge is 0.263 e. The highest BCUT2D eigenvalue weighted by atomic mass is 35.5. The molecule has 0 spiro atoms. The van der Waals surface area contributed by atoms with E-state index in [-0.39, 0.29) is 17.9 Å². The first-order valence-corrected chi connectivity index (χ1v) is 11.8. The number of halogens is 1. The SMILES string of the molecule is O=C(CCc1ccccc1)NC1CCN(C(=O)c2ccc(-c3ccc(Cl)cc3)s2)CC1. The number of hydrogen-bond donors (Lipinski definition) is 1. The fraction of sp³-hybridized carbons (Fsp3) is 0.280. The Morgan fingerprint density at radius 2 is 1.68 bits per heavy atom. The lowest BCUT2D eigenvalue weighted by Crippen LogP contribution is -2.46. The summed E-state index contributed by atoms with van der Waals surface area (Å²) in [6.45, 7) is 1.33. The van der Waals surface area contributed by atoms with E-state index in [0.29, 0.717) is 24.5 Å². The monoisotopic (exact) mass is 452 g/mol. The number of aryl methyl sites for hydroxylation is 1. The predicted octanol–water partition coefficient (Wildman–Crippen LogP) is 5.42. The van der Waals surface area contributed by atoms with Crippen LogP contribution in [0.15, 0.2) is 66.7 Å². The summed E-state index contributed by atoms with van der Waals surface area (Å²) >= 11 is 7.47. The maximum absolute atomic E-state index is 12.9. The Hall–Kier alpha value is -2.63. The minimum Gasteiger partial charge on any atom is -0.353 e. The molecule has 160 valence electrons. The van der Waals surface area contributed by atoms with Crippen molar-refractivity contribution in [2.24, 2.45) is 0 Å². The van der Waals surface area contributed by atoms with Crippen LogP contribution >= 0.6 is 22.9 Å². The molecule has 4 nitrogen and oxygen atoms in total. The average molecular weight is 453 g/mol. The van der Waals surface area contributed by atoms with E-state index in [2.05, 4.69) is 5.32 Å². The molecule has 6 heteroatoms. The van der Waals surface area contributed by atoms with Crippen LogP contribution in [0.3, 0.4) is 0 Å². The van der Waals surface area contributed by atoms with E-state index < -0.39 is 0 Å². The third-order valence-corrected chi connectivity index (χ3v) is 6.95. The molecule has 3 aromatic rings. The highest BCUT2D eigenvalue weighted by molar-refractivity contribution is 7.17. The van der Waals surface area contributed by atoms with Gasteiger partial charge in [-0.1, -0.05) is 54.1 Å². The number of likely N-dealkylation sites (tertiary alicyclic amines) is 1. The third-order valence-electron chi connectivity index (χ3n) is 5.58. The van der Waals surface area contributed by atoms with Crippen LogP contribution in [-0.4, -0.2) is 35.8 Å². The van der Waals surface area contributed by atoms with Crippen LogP contribution < -0.4 is 5.32 Å². The zero-order chi connectivity index (χ0) is 21.6. The number of carbonyl (C=O) groups is 2. The van der Waals surface area contributed by atoms with Gasteiger partial charge in [-0.15, -0.1) is 11.3 Å². The number of hydrogen-bond acceptors (Lipinski definition) is 3. The number of benzene rings is 2. The standard InChI is InChI=1S/C25H25ClN2O2S/c26-20-9-7-19(8-10-20)22-11-12-23(31-22)25(30)28-16-14-21(15-17-28)27-24(29)13-6-18-4-2-1-3-5-18/h1-5,7-12,21H,6,13-17H2,(H,27,29). The maximum Gasteiger partial charge on any atom is 0.263 e. The number of carbonyl (C=O) groups excluding carboxylic acids is 2. The molecule has 1 N–H and O–H groups in total. The predicted molar refractivity (Wildman–Crippen MR) is 127 cm³/mol. The summed E-state index contributed by atoms with van der Waals surface area (Å²) in [5.74, 6) is 0.151. The van der Waals surface area contributed by atoms with Crippen LogP contribution in [0.25, 0.3) is 10.4 Å². The Morgan fingerprint density at radius 1 is 0.968 bits per heavy atom. The zero-order valence-corrected chi connectivity index (χ0v) is 18.8. The van der Waals surface area contributed by atoms with E-state index in [0.717, 1.165) is 34.6 Å². The first-order chi connectivity index (χ1) is 15.1. The van der Waals surface area contributed by atoms with Gasteiger partial charge in [-0.25, -0.2) is 0 Å². The summed E-state index contributed by atoms with van der Waals surface area (Å²) in [7, 11) is 0. The lowest BCUT2D eigenvalue weighted by Gasteiger charge is -2.32. The highest BCUT2D eigenvalue weighted by Crippen LogP contribution is 2.30. The van der Waals surface area contributed by atoms with E-state index in [9.17, 15) is 9.59 Å². The van der Waals surface area contributed by atoms with Crippen molar-refractivity contribution in [2.45, 2.75) is 31.7 Å². The number of nitrogens with one attached hydrogen (secondary N) is 1. The van der Waals surface area contributed by atoms with Crippen molar-refractivity contribution in [1.29, 1.82) is 0 Å². The molecule has 2 amide bonds. The van der Waals surface area contributed by atoms with Crippen LogP contribution in [0.2, 0.25) is 5.02 Å². The van der Waals surface area contributed by atoms with Gasteiger partial charge in [0.05, 0.1) is 4.88 Å². The van der Waals surface area contributed by atoms with Gasteiger partial charge in [0.1, 0.15) is 0 Å². The molecule has 0 saturated carbocycles. The first-order valence-electron chi connectivity index (χ1n) is 10.6. The van der Waals surface area contributed by atoms with Gasteiger partial charge < -0.3 is 10.2 Å². The molecule has 0 atom stereocenters. The van der Waals surface area contributed by atoms with Gasteiger partial charge in [-0.05, 0) is 54.7 Å². The summed E-state index contributed by atoms with van der Waals surface area (Å²) in [4.78, 5) is 28.9. The number of nitrogens with zero attached hydrogens (tertiary/aromatic N) is 1. The van der Waals surface area contributed by atoms with Gasteiger partial charge in [0.2, 0.25) is 5.91 Å². The molecule has 2 aromatic carbocycles. The summed E-state index contributed by atoms with van der Waals surface area (Å²) in [6.07, 6.45) is 2.82. The molecule has 0 bridgehead atoms. The Balaban J connectivity index is 1.25. The van der Waals surface area contributed by atoms with Crippen molar-refractivity contribution in [3.63, 3.8) is 0 Å². The van der Waals surface area contributed by atoms with Crippen molar-refractivity contribution in [2.75, 3.05) is 13.1 Å². The number of amides is 2. The molecule has 1 fully saturated rings. The van der Waals surface area contributed by atoms with Crippen LogP contribution in [0, 0.1) is 0 Å². The van der Waals surface area contributed by atoms with Gasteiger partial charge >= 0.3 is 0 Å². The molecule has 0 unspecified atom stereocenters. The van der Waals surface area contributed by atoms with E-state index in [1.54, 1.807) is 0 Å². The minimum absolute atomic E-state index is 0.0686. The van der Waals surface area contributed by atoms with E-state index in [1.807, 2.05) is 71.6 Å². The number of piperidine rings is 1. The molecule has 1 aliphatic rings. The quantitative estimate of drug-likeness (QED) is 0.542. The van der Waals surface area contributed by atoms with Crippen LogP contribution in [-0.2, 0) is 11.2 Å². The second-order valence-corrected chi connectivity index (χ2v) is 9.31. The Labute approximate surface area is 191 Å². The lowest BCUT2D eigenvalue weighted by molar-refractivity contribution is -0.122. The molecule has 4 rings (SSSR count). The third kappa shape index (κ3) is 5.75. The Bertz CT molecular complexity index is 1030. The lowest BCUT2D eigenvalue weighted by atomic mass is 10.0. The molecular formula is C25H25ClN2O2S. The van der Waals surface area contributed by atoms with Crippen molar-refractivity contribution in [3.05, 3.63) is 82.2 Å². The number of thiophene rings is 1.